The minimum atomic E-state index is 0.810. The van der Waals surface area contributed by atoms with E-state index in [1.807, 2.05) is 19.2 Å². The summed E-state index contributed by atoms with van der Waals surface area (Å²) in [5.41, 5.74) is 9.07. The maximum atomic E-state index is 5.89. The number of hydrogen-bond acceptors (Lipinski definition) is 2. The van der Waals surface area contributed by atoms with Gasteiger partial charge < -0.3 is 5.73 Å². The Bertz CT molecular complexity index is 475. The third-order valence-corrected chi connectivity index (χ3v) is 2.54. The maximum Gasteiger partial charge on any atom is 0.0409 e. The highest BCUT2D eigenvalue weighted by atomic mass is 14.7. The number of nitrogens with two attached hydrogens (primary N) is 1. The number of pyridine rings is 1. The van der Waals surface area contributed by atoms with E-state index in [1.54, 1.807) is 0 Å². The predicted molar refractivity (Wildman–Crippen MR) is 60.3 cm³/mol. The Balaban J connectivity index is 2.85. The number of rotatable bonds is 1. The van der Waals surface area contributed by atoms with Crippen molar-refractivity contribution in [2.45, 2.75) is 20.3 Å². The van der Waals surface area contributed by atoms with Gasteiger partial charge in [0.1, 0.15) is 0 Å². The molecule has 0 bridgehead atoms. The van der Waals surface area contributed by atoms with Gasteiger partial charge in [0.05, 0.1) is 0 Å². The van der Waals surface area contributed by atoms with Crippen molar-refractivity contribution in [3.05, 3.63) is 35.7 Å². The van der Waals surface area contributed by atoms with Gasteiger partial charge in [-0.3, -0.25) is 4.98 Å². The Morgan fingerprint density at radius 3 is 2.79 bits per heavy atom. The summed E-state index contributed by atoms with van der Waals surface area (Å²) in [6, 6.07) is 6.15. The Morgan fingerprint density at radius 1 is 1.29 bits per heavy atom. The minimum Gasteiger partial charge on any atom is -0.398 e. The quantitative estimate of drug-likeness (QED) is 0.695. The van der Waals surface area contributed by atoms with Crippen LogP contribution in [0.2, 0.25) is 0 Å². The Kier molecular flexibility index (Phi) is 2.12. The van der Waals surface area contributed by atoms with Crippen molar-refractivity contribution in [2.24, 2.45) is 0 Å². The molecule has 1 aromatic carbocycles. The van der Waals surface area contributed by atoms with Gasteiger partial charge in [-0.05, 0) is 36.4 Å². The first-order chi connectivity index (χ1) is 6.72. The molecule has 72 valence electrons. The van der Waals surface area contributed by atoms with E-state index in [1.165, 1.54) is 10.9 Å². The van der Waals surface area contributed by atoms with Crippen molar-refractivity contribution in [1.82, 2.24) is 4.98 Å². The van der Waals surface area contributed by atoms with Crippen molar-refractivity contribution in [3.8, 4) is 0 Å². The van der Waals surface area contributed by atoms with Crippen molar-refractivity contribution < 1.29 is 0 Å². The highest BCUT2D eigenvalue weighted by Gasteiger charge is 2.03. The van der Waals surface area contributed by atoms with Gasteiger partial charge in [-0.15, -0.1) is 0 Å². The number of nitrogen functional groups attached to an aromatic ring is 1. The average molecular weight is 186 g/mol. The molecule has 0 fully saturated rings. The first-order valence-electron chi connectivity index (χ1n) is 4.86. The molecule has 0 atom stereocenters. The molecular weight excluding hydrogens is 172 g/mol. The fourth-order valence-electron chi connectivity index (χ4n) is 1.73. The summed E-state index contributed by atoms with van der Waals surface area (Å²) in [6.07, 6.45) is 2.89. The van der Waals surface area contributed by atoms with Gasteiger partial charge in [0.25, 0.3) is 0 Å². The molecule has 2 N–H and O–H groups in total. The van der Waals surface area contributed by atoms with Crippen molar-refractivity contribution in [1.29, 1.82) is 0 Å². The summed E-state index contributed by atoms with van der Waals surface area (Å²) in [6.45, 7) is 4.16. The second-order valence-corrected chi connectivity index (χ2v) is 3.54. The van der Waals surface area contributed by atoms with Crippen LogP contribution in [-0.4, -0.2) is 4.98 Å². The number of aromatic nitrogens is 1. The van der Waals surface area contributed by atoms with Crippen LogP contribution in [-0.2, 0) is 6.42 Å². The molecule has 0 spiro atoms. The monoisotopic (exact) mass is 186 g/mol. The number of aryl methyl sites for hydroxylation is 2. The van der Waals surface area contributed by atoms with E-state index in [0.717, 1.165) is 23.2 Å². The van der Waals surface area contributed by atoms with E-state index >= 15 is 0 Å². The molecule has 1 heterocycles. The van der Waals surface area contributed by atoms with E-state index < -0.39 is 0 Å². The number of hydrogen-bond donors (Lipinski definition) is 1. The van der Waals surface area contributed by atoms with Crippen LogP contribution in [0.5, 0.6) is 0 Å². The van der Waals surface area contributed by atoms with Crippen molar-refractivity contribution in [3.63, 3.8) is 0 Å². The fraction of sp³-hybridized carbons (Fsp3) is 0.250. The SMILES string of the molecule is CCc1ccc(N)c2cnc(C)cc12. The van der Waals surface area contributed by atoms with Gasteiger partial charge >= 0.3 is 0 Å². The molecule has 0 aliphatic heterocycles. The van der Waals surface area contributed by atoms with E-state index in [4.69, 9.17) is 5.73 Å². The Morgan fingerprint density at radius 2 is 2.07 bits per heavy atom. The third kappa shape index (κ3) is 1.33. The van der Waals surface area contributed by atoms with Crippen LogP contribution in [0.4, 0.5) is 5.69 Å². The number of benzene rings is 1. The van der Waals surface area contributed by atoms with E-state index in [9.17, 15) is 0 Å². The third-order valence-electron chi connectivity index (χ3n) is 2.54. The van der Waals surface area contributed by atoms with Gasteiger partial charge in [-0.2, -0.15) is 0 Å². The average Bonchev–Trinajstić information content (AvgIpc) is 2.18. The number of nitrogens with zero attached hydrogens (tertiary/aromatic N) is 1. The molecule has 0 saturated heterocycles. The molecule has 0 unspecified atom stereocenters. The molecule has 2 aromatic rings. The molecule has 0 aliphatic rings. The van der Waals surface area contributed by atoms with Crippen molar-refractivity contribution >= 4 is 16.5 Å². The lowest BCUT2D eigenvalue weighted by molar-refractivity contribution is 1.15. The van der Waals surface area contributed by atoms with Crippen LogP contribution in [0, 0.1) is 6.92 Å². The second kappa shape index (κ2) is 3.29. The van der Waals surface area contributed by atoms with Crippen LogP contribution in [0.15, 0.2) is 24.4 Å². The molecular formula is C12H14N2. The first-order valence-corrected chi connectivity index (χ1v) is 4.86. The second-order valence-electron chi connectivity index (χ2n) is 3.54. The van der Waals surface area contributed by atoms with E-state index in [-0.39, 0.29) is 0 Å². The lowest BCUT2D eigenvalue weighted by Gasteiger charge is -2.07. The lowest BCUT2D eigenvalue weighted by atomic mass is 10.0. The summed E-state index contributed by atoms with van der Waals surface area (Å²) < 4.78 is 0. The zero-order valence-electron chi connectivity index (χ0n) is 8.54. The Hall–Kier alpha value is -1.57. The van der Waals surface area contributed by atoms with Crippen LogP contribution >= 0.6 is 0 Å². The van der Waals surface area contributed by atoms with Crippen LogP contribution < -0.4 is 5.73 Å². The summed E-state index contributed by atoms with van der Waals surface area (Å²) in [5, 5.41) is 2.30. The van der Waals surface area contributed by atoms with Gasteiger partial charge in [0.15, 0.2) is 0 Å². The van der Waals surface area contributed by atoms with Crippen LogP contribution in [0.1, 0.15) is 18.2 Å². The molecule has 2 heteroatoms. The molecule has 1 aromatic heterocycles. The highest BCUT2D eigenvalue weighted by Crippen LogP contribution is 2.24. The molecule has 14 heavy (non-hydrogen) atoms. The molecule has 0 saturated carbocycles. The number of fused-ring (bicyclic) bond motifs is 1. The summed E-state index contributed by atoms with van der Waals surface area (Å²) in [4.78, 5) is 4.26. The first kappa shape index (κ1) is 9.00. The van der Waals surface area contributed by atoms with E-state index in [0.29, 0.717) is 0 Å². The zero-order chi connectivity index (χ0) is 10.1. The van der Waals surface area contributed by atoms with Gasteiger partial charge in [0.2, 0.25) is 0 Å². The van der Waals surface area contributed by atoms with Crippen LogP contribution in [0.3, 0.4) is 0 Å². The highest BCUT2D eigenvalue weighted by molar-refractivity contribution is 5.94. The molecule has 2 rings (SSSR count). The minimum absolute atomic E-state index is 0.810. The normalized spacial score (nSPS) is 10.7. The molecule has 0 radical (unpaired) electrons. The lowest BCUT2D eigenvalue weighted by Crippen LogP contribution is -1.92. The summed E-state index contributed by atoms with van der Waals surface area (Å²) >= 11 is 0. The standard InChI is InChI=1S/C12H14N2/c1-3-9-4-5-12(13)11-7-14-8(2)6-10(9)11/h4-7H,3,13H2,1-2H3. The summed E-state index contributed by atoms with van der Waals surface area (Å²) in [7, 11) is 0. The van der Waals surface area contributed by atoms with Gasteiger partial charge in [0, 0.05) is 23.0 Å². The molecule has 2 nitrogen and oxygen atoms in total. The summed E-state index contributed by atoms with van der Waals surface area (Å²) in [5.74, 6) is 0. The smallest absolute Gasteiger partial charge is 0.0409 e. The van der Waals surface area contributed by atoms with E-state index in [2.05, 4.69) is 24.0 Å². The molecule has 0 aliphatic carbocycles. The van der Waals surface area contributed by atoms with Crippen LogP contribution in [0.25, 0.3) is 10.8 Å². The zero-order valence-corrected chi connectivity index (χ0v) is 8.54. The Labute approximate surface area is 83.8 Å². The topological polar surface area (TPSA) is 38.9 Å². The predicted octanol–water partition coefficient (Wildman–Crippen LogP) is 2.69. The fourth-order valence-corrected chi connectivity index (χ4v) is 1.73. The molecule has 0 amide bonds. The van der Waals surface area contributed by atoms with Gasteiger partial charge in [-0.1, -0.05) is 13.0 Å². The number of anilines is 1. The maximum absolute atomic E-state index is 5.89. The van der Waals surface area contributed by atoms with Crippen molar-refractivity contribution in [2.75, 3.05) is 5.73 Å². The largest absolute Gasteiger partial charge is 0.398 e. The van der Waals surface area contributed by atoms with Gasteiger partial charge in [-0.25, -0.2) is 0 Å².